The molecule has 0 saturated heterocycles. The van der Waals surface area contributed by atoms with Crippen molar-refractivity contribution < 1.29 is 0 Å². The molecule has 0 N–H and O–H groups in total. The Morgan fingerprint density at radius 3 is 2.80 bits per heavy atom. The molecule has 1 aliphatic carbocycles. The van der Waals surface area contributed by atoms with E-state index >= 15 is 0 Å². The molecule has 1 aliphatic rings. The van der Waals surface area contributed by atoms with Crippen LogP contribution in [0.5, 0.6) is 0 Å². The van der Waals surface area contributed by atoms with Crippen LogP contribution in [-0.4, -0.2) is 19.6 Å². The number of halogens is 1. The van der Waals surface area contributed by atoms with E-state index in [2.05, 4.69) is 22.0 Å². The largest absolute Gasteiger partial charge is 0.241 e. The molecule has 2 aromatic heterocycles. The normalized spacial score (nSPS) is 18.3. The average molecular weight is 223 g/mol. The van der Waals surface area contributed by atoms with Gasteiger partial charge in [-0.05, 0) is 30.9 Å². The van der Waals surface area contributed by atoms with Gasteiger partial charge < -0.3 is 0 Å². The van der Waals surface area contributed by atoms with Crippen LogP contribution >= 0.6 is 11.6 Å². The van der Waals surface area contributed by atoms with Crippen LogP contribution in [0.2, 0.25) is 5.28 Å². The highest BCUT2D eigenvalue weighted by Gasteiger charge is 2.46. The molecule has 2 heterocycles. The summed E-state index contributed by atoms with van der Waals surface area (Å²) in [6.45, 7) is 2.19. The van der Waals surface area contributed by atoms with Crippen molar-refractivity contribution in [3.8, 4) is 0 Å². The molecule has 4 nitrogen and oxygen atoms in total. The highest BCUT2D eigenvalue weighted by molar-refractivity contribution is 6.28. The van der Waals surface area contributed by atoms with Crippen molar-refractivity contribution in [1.29, 1.82) is 0 Å². The number of nitrogens with zero attached hydrogens (tertiary/aromatic N) is 4. The molecule has 1 saturated carbocycles. The second-order valence-electron chi connectivity index (χ2n) is 4.08. The highest BCUT2D eigenvalue weighted by Crippen LogP contribution is 2.49. The van der Waals surface area contributed by atoms with Gasteiger partial charge in [0, 0.05) is 5.41 Å². The molecule has 2 aromatic rings. The zero-order valence-corrected chi connectivity index (χ0v) is 9.20. The molecule has 0 atom stereocenters. The van der Waals surface area contributed by atoms with Gasteiger partial charge in [0.2, 0.25) is 5.28 Å². The molecule has 15 heavy (non-hydrogen) atoms. The van der Waals surface area contributed by atoms with E-state index in [0.717, 1.165) is 17.8 Å². The van der Waals surface area contributed by atoms with Gasteiger partial charge in [-0.1, -0.05) is 6.92 Å². The maximum absolute atomic E-state index is 5.79. The maximum atomic E-state index is 5.79. The standard InChI is InChI=1S/C10H11ClN4/c1-2-10(3-4-10)8-12-5-7-6-13-9(11)14-15(7)8/h5-6H,2-4H2,1H3. The minimum atomic E-state index is 0.240. The summed E-state index contributed by atoms with van der Waals surface area (Å²) in [5.74, 6) is 1.03. The van der Waals surface area contributed by atoms with Crippen LogP contribution in [0.3, 0.4) is 0 Å². The van der Waals surface area contributed by atoms with Crippen molar-refractivity contribution in [3.05, 3.63) is 23.5 Å². The van der Waals surface area contributed by atoms with Crippen molar-refractivity contribution in [2.24, 2.45) is 0 Å². The fourth-order valence-corrected chi connectivity index (χ4v) is 2.15. The van der Waals surface area contributed by atoms with Crippen LogP contribution in [0.1, 0.15) is 32.0 Å². The third-order valence-electron chi connectivity index (χ3n) is 3.25. The zero-order valence-electron chi connectivity index (χ0n) is 8.44. The molecular formula is C10H11ClN4. The molecule has 0 bridgehead atoms. The predicted octanol–water partition coefficient (Wildman–Crippen LogP) is 2.22. The van der Waals surface area contributed by atoms with Crippen molar-refractivity contribution in [3.63, 3.8) is 0 Å². The topological polar surface area (TPSA) is 43.1 Å². The van der Waals surface area contributed by atoms with E-state index in [0.29, 0.717) is 0 Å². The Morgan fingerprint density at radius 1 is 1.40 bits per heavy atom. The first-order valence-corrected chi connectivity index (χ1v) is 5.50. The first kappa shape index (κ1) is 9.09. The van der Waals surface area contributed by atoms with Gasteiger partial charge in [0.05, 0.1) is 12.4 Å². The summed E-state index contributed by atoms with van der Waals surface area (Å²) in [7, 11) is 0. The fraction of sp³-hybridized carbons (Fsp3) is 0.500. The minimum Gasteiger partial charge on any atom is -0.238 e. The Labute approximate surface area is 92.3 Å². The monoisotopic (exact) mass is 222 g/mol. The molecule has 0 aliphatic heterocycles. The molecule has 0 aromatic carbocycles. The average Bonchev–Trinajstić information content (AvgIpc) is 2.93. The van der Waals surface area contributed by atoms with E-state index in [1.165, 1.54) is 12.8 Å². The molecule has 1 fully saturated rings. The quantitative estimate of drug-likeness (QED) is 0.783. The molecule has 0 radical (unpaired) electrons. The van der Waals surface area contributed by atoms with Crippen LogP contribution in [-0.2, 0) is 5.41 Å². The first-order chi connectivity index (χ1) is 7.25. The number of rotatable bonds is 2. The second-order valence-corrected chi connectivity index (χ2v) is 4.42. The Kier molecular flexibility index (Phi) is 1.77. The van der Waals surface area contributed by atoms with E-state index in [-0.39, 0.29) is 10.7 Å². The molecule has 0 amide bonds. The SMILES string of the molecule is CCC1(c2ncc3cnc(Cl)nn23)CC1. The molecule has 78 valence electrons. The van der Waals surface area contributed by atoms with Crippen LogP contribution in [0.15, 0.2) is 12.4 Å². The van der Waals surface area contributed by atoms with Gasteiger partial charge in [-0.25, -0.2) is 14.5 Å². The first-order valence-electron chi connectivity index (χ1n) is 5.12. The predicted molar refractivity (Wildman–Crippen MR) is 57.0 cm³/mol. The Morgan fingerprint density at radius 2 is 2.13 bits per heavy atom. The number of aromatic nitrogens is 4. The molecule has 3 rings (SSSR count). The second kappa shape index (κ2) is 2.92. The van der Waals surface area contributed by atoms with E-state index in [9.17, 15) is 0 Å². The number of hydrogen-bond donors (Lipinski definition) is 0. The summed E-state index contributed by atoms with van der Waals surface area (Å²) < 4.78 is 1.83. The number of fused-ring (bicyclic) bond motifs is 1. The molecular weight excluding hydrogens is 212 g/mol. The Balaban J connectivity index is 2.23. The lowest BCUT2D eigenvalue weighted by atomic mass is 10.0. The van der Waals surface area contributed by atoms with Gasteiger partial charge in [-0.3, -0.25) is 0 Å². The summed E-state index contributed by atoms with van der Waals surface area (Å²) in [6.07, 6.45) is 7.02. The summed E-state index contributed by atoms with van der Waals surface area (Å²) >= 11 is 5.79. The third kappa shape index (κ3) is 1.24. The third-order valence-corrected chi connectivity index (χ3v) is 3.43. The van der Waals surface area contributed by atoms with E-state index in [1.54, 1.807) is 12.4 Å². The lowest BCUT2D eigenvalue weighted by molar-refractivity contribution is 0.593. The maximum Gasteiger partial charge on any atom is 0.241 e. The summed E-state index contributed by atoms with van der Waals surface area (Å²) in [5, 5.41) is 4.47. The van der Waals surface area contributed by atoms with Gasteiger partial charge in [0.15, 0.2) is 0 Å². The lowest BCUT2D eigenvalue weighted by Gasteiger charge is -2.09. The van der Waals surface area contributed by atoms with Crippen molar-refractivity contribution >= 4 is 17.1 Å². The smallest absolute Gasteiger partial charge is 0.238 e. The van der Waals surface area contributed by atoms with Crippen molar-refractivity contribution in [2.75, 3.05) is 0 Å². The summed E-state index contributed by atoms with van der Waals surface area (Å²) in [4.78, 5) is 8.39. The summed E-state index contributed by atoms with van der Waals surface area (Å²) in [6, 6.07) is 0. The van der Waals surface area contributed by atoms with Gasteiger partial charge in [-0.2, -0.15) is 0 Å². The number of imidazole rings is 1. The van der Waals surface area contributed by atoms with Crippen LogP contribution < -0.4 is 0 Å². The molecule has 0 unspecified atom stereocenters. The van der Waals surface area contributed by atoms with E-state index in [4.69, 9.17) is 11.6 Å². The van der Waals surface area contributed by atoms with Gasteiger partial charge >= 0.3 is 0 Å². The van der Waals surface area contributed by atoms with Crippen LogP contribution in [0, 0.1) is 0 Å². The molecule has 0 spiro atoms. The van der Waals surface area contributed by atoms with E-state index in [1.807, 2.05) is 4.52 Å². The molecule has 5 heteroatoms. The van der Waals surface area contributed by atoms with Gasteiger partial charge in [-0.15, -0.1) is 5.10 Å². The van der Waals surface area contributed by atoms with Crippen molar-refractivity contribution in [2.45, 2.75) is 31.6 Å². The highest BCUT2D eigenvalue weighted by atomic mass is 35.5. The Hall–Kier alpha value is -1.16. The number of hydrogen-bond acceptors (Lipinski definition) is 3. The van der Waals surface area contributed by atoms with Crippen LogP contribution in [0.4, 0.5) is 0 Å². The van der Waals surface area contributed by atoms with Gasteiger partial charge in [0.25, 0.3) is 0 Å². The van der Waals surface area contributed by atoms with Crippen molar-refractivity contribution in [1.82, 2.24) is 19.6 Å². The minimum absolute atomic E-state index is 0.240. The van der Waals surface area contributed by atoms with Crippen LogP contribution in [0.25, 0.3) is 5.52 Å². The fourth-order valence-electron chi connectivity index (χ4n) is 2.03. The zero-order chi connectivity index (χ0) is 10.5. The lowest BCUT2D eigenvalue weighted by Crippen LogP contribution is -2.12. The summed E-state index contributed by atoms with van der Waals surface area (Å²) in [5.41, 5.74) is 1.15. The Bertz CT molecular complexity index is 515. The van der Waals surface area contributed by atoms with Gasteiger partial charge in [0.1, 0.15) is 11.3 Å². The van der Waals surface area contributed by atoms with E-state index < -0.39 is 0 Å².